The summed E-state index contributed by atoms with van der Waals surface area (Å²) in [6.45, 7) is 5.18. The number of rotatable bonds is 5. The van der Waals surface area contributed by atoms with Gasteiger partial charge in [-0.25, -0.2) is 9.97 Å². The second-order valence-corrected chi connectivity index (χ2v) is 8.24. The Morgan fingerprint density at radius 1 is 1.21 bits per heavy atom. The Kier molecular flexibility index (Phi) is 4.48. The second kappa shape index (κ2) is 6.60. The minimum atomic E-state index is 0.389. The van der Waals surface area contributed by atoms with Crippen molar-refractivity contribution < 1.29 is 4.74 Å². The number of anilines is 1. The van der Waals surface area contributed by atoms with Gasteiger partial charge in [0.2, 0.25) is 5.95 Å². The average molecular weight is 330 g/mol. The Morgan fingerprint density at radius 3 is 2.62 bits per heavy atom. The van der Waals surface area contributed by atoms with Crippen LogP contribution in [0.4, 0.5) is 5.95 Å². The molecule has 2 heterocycles. The van der Waals surface area contributed by atoms with E-state index in [2.05, 4.69) is 33.9 Å². The van der Waals surface area contributed by atoms with Crippen LogP contribution < -0.4 is 4.90 Å². The van der Waals surface area contributed by atoms with Crippen LogP contribution in [0.5, 0.6) is 0 Å². The predicted molar refractivity (Wildman–Crippen MR) is 95.1 cm³/mol. The van der Waals surface area contributed by atoms with Gasteiger partial charge in [0.25, 0.3) is 0 Å². The maximum absolute atomic E-state index is 6.36. The van der Waals surface area contributed by atoms with Crippen molar-refractivity contribution in [3.8, 4) is 0 Å². The molecule has 5 heteroatoms. The summed E-state index contributed by atoms with van der Waals surface area (Å²) in [5, 5.41) is 0. The quantitative estimate of drug-likeness (QED) is 0.829. The molecule has 0 aromatic carbocycles. The highest BCUT2D eigenvalue weighted by molar-refractivity contribution is 5.33. The van der Waals surface area contributed by atoms with Crippen LogP contribution in [-0.4, -0.2) is 60.8 Å². The molecule has 24 heavy (non-hydrogen) atoms. The molecule has 0 bridgehead atoms. The highest BCUT2D eigenvalue weighted by Crippen LogP contribution is 2.40. The highest BCUT2D eigenvalue weighted by atomic mass is 16.5. The zero-order valence-corrected chi connectivity index (χ0v) is 15.2. The molecule has 1 saturated heterocycles. The lowest BCUT2D eigenvalue weighted by atomic mass is 9.77. The zero-order chi connectivity index (χ0) is 16.7. The van der Waals surface area contributed by atoms with Crippen LogP contribution in [0, 0.1) is 24.7 Å². The van der Waals surface area contributed by atoms with Crippen LogP contribution in [0.1, 0.15) is 31.4 Å². The van der Waals surface area contributed by atoms with Gasteiger partial charge in [-0.2, -0.15) is 0 Å². The molecule has 3 aliphatic rings. The fourth-order valence-electron chi connectivity index (χ4n) is 4.41. The Balaban J connectivity index is 1.44. The van der Waals surface area contributed by atoms with E-state index in [4.69, 9.17) is 4.74 Å². The van der Waals surface area contributed by atoms with Crippen LogP contribution >= 0.6 is 0 Å². The lowest BCUT2D eigenvalue weighted by Gasteiger charge is -2.41. The molecule has 132 valence electrons. The van der Waals surface area contributed by atoms with E-state index in [9.17, 15) is 0 Å². The Hall–Kier alpha value is -1.20. The third kappa shape index (κ3) is 3.42. The lowest BCUT2D eigenvalue weighted by Crippen LogP contribution is -2.48. The van der Waals surface area contributed by atoms with Crippen LogP contribution in [-0.2, 0) is 4.74 Å². The van der Waals surface area contributed by atoms with Crippen molar-refractivity contribution in [1.82, 2.24) is 14.9 Å². The molecule has 0 radical (unpaired) electrons. The van der Waals surface area contributed by atoms with Crippen molar-refractivity contribution in [3.05, 3.63) is 18.0 Å². The first-order valence-electron chi connectivity index (χ1n) is 9.42. The first kappa shape index (κ1) is 16.3. The third-order valence-corrected chi connectivity index (χ3v) is 6.06. The first-order valence-corrected chi connectivity index (χ1v) is 9.42. The van der Waals surface area contributed by atoms with E-state index in [1.54, 1.807) is 0 Å². The average Bonchev–Trinajstić information content (AvgIpc) is 3.29. The molecule has 0 spiro atoms. The molecule has 0 amide bonds. The van der Waals surface area contributed by atoms with Gasteiger partial charge in [0.05, 0.1) is 6.10 Å². The highest BCUT2D eigenvalue weighted by Gasteiger charge is 2.44. The molecule has 0 unspecified atom stereocenters. The van der Waals surface area contributed by atoms with Gasteiger partial charge < -0.3 is 14.5 Å². The van der Waals surface area contributed by atoms with Crippen LogP contribution in [0.25, 0.3) is 0 Å². The topological polar surface area (TPSA) is 41.5 Å². The van der Waals surface area contributed by atoms with E-state index in [1.165, 1.54) is 25.7 Å². The maximum Gasteiger partial charge on any atom is 0.225 e. The van der Waals surface area contributed by atoms with Gasteiger partial charge in [0, 0.05) is 37.6 Å². The summed E-state index contributed by atoms with van der Waals surface area (Å²) in [5.74, 6) is 3.20. The maximum atomic E-state index is 6.36. The third-order valence-electron chi connectivity index (χ3n) is 6.06. The van der Waals surface area contributed by atoms with Crippen molar-refractivity contribution >= 4 is 5.95 Å². The van der Waals surface area contributed by atoms with Crippen LogP contribution in [0.3, 0.4) is 0 Å². The van der Waals surface area contributed by atoms with E-state index in [0.29, 0.717) is 12.1 Å². The Bertz CT molecular complexity index is 574. The summed E-state index contributed by atoms with van der Waals surface area (Å²) in [4.78, 5) is 13.9. The minimum absolute atomic E-state index is 0.389. The second-order valence-electron chi connectivity index (χ2n) is 8.24. The Morgan fingerprint density at radius 2 is 1.96 bits per heavy atom. The van der Waals surface area contributed by atoms with Crippen molar-refractivity contribution in [1.29, 1.82) is 0 Å². The standard InChI is InChI=1S/C19H30N4O/c1-13-6-7-20-19(21-13)23-10-15-8-17(22(2)3)18(9-16(15)11-23)24-12-14-4-5-14/h6-7,14-18H,4-5,8-12H2,1-3H3/t15-,16+,17-,18-/m1/s1. The normalized spacial score (nSPS) is 33.1. The zero-order valence-electron chi connectivity index (χ0n) is 15.2. The molecule has 0 N–H and O–H groups in total. The van der Waals surface area contributed by atoms with Gasteiger partial charge in [-0.15, -0.1) is 0 Å². The fourth-order valence-corrected chi connectivity index (χ4v) is 4.41. The number of ether oxygens (including phenoxy) is 1. The van der Waals surface area contributed by atoms with Gasteiger partial charge in [-0.3, -0.25) is 0 Å². The first-order chi connectivity index (χ1) is 11.6. The lowest BCUT2D eigenvalue weighted by molar-refractivity contribution is -0.0493. The molecule has 2 saturated carbocycles. The van der Waals surface area contributed by atoms with Crippen LogP contribution in [0.15, 0.2) is 12.3 Å². The van der Waals surface area contributed by atoms with E-state index < -0.39 is 0 Å². The van der Waals surface area contributed by atoms with Gasteiger partial charge in [0.1, 0.15) is 0 Å². The molecule has 3 fully saturated rings. The molecular formula is C19H30N4O. The predicted octanol–water partition coefficient (Wildman–Crippen LogP) is 2.36. The number of hydrogen-bond donors (Lipinski definition) is 0. The summed E-state index contributed by atoms with van der Waals surface area (Å²) in [6.07, 6.45) is 7.41. The molecule has 5 nitrogen and oxygen atoms in total. The van der Waals surface area contributed by atoms with Gasteiger partial charge >= 0.3 is 0 Å². The number of fused-ring (bicyclic) bond motifs is 1. The van der Waals surface area contributed by atoms with Gasteiger partial charge in [-0.1, -0.05) is 0 Å². The smallest absolute Gasteiger partial charge is 0.225 e. The molecule has 2 aliphatic carbocycles. The molecule has 1 aromatic rings. The number of aryl methyl sites for hydroxylation is 1. The molecule has 4 rings (SSSR count). The van der Waals surface area contributed by atoms with Crippen molar-refractivity contribution in [2.75, 3.05) is 38.7 Å². The van der Waals surface area contributed by atoms with Crippen molar-refractivity contribution in [2.45, 2.75) is 44.8 Å². The molecular weight excluding hydrogens is 300 g/mol. The van der Waals surface area contributed by atoms with E-state index in [0.717, 1.165) is 49.1 Å². The van der Waals surface area contributed by atoms with Crippen molar-refractivity contribution in [3.63, 3.8) is 0 Å². The number of hydrogen-bond acceptors (Lipinski definition) is 5. The number of aromatic nitrogens is 2. The summed E-state index contributed by atoms with van der Waals surface area (Å²) in [6, 6.07) is 2.51. The van der Waals surface area contributed by atoms with Crippen LogP contribution in [0.2, 0.25) is 0 Å². The van der Waals surface area contributed by atoms with Gasteiger partial charge in [-0.05, 0) is 70.5 Å². The minimum Gasteiger partial charge on any atom is -0.376 e. The molecule has 4 atom stereocenters. The fraction of sp³-hybridized carbons (Fsp3) is 0.789. The van der Waals surface area contributed by atoms with E-state index in [1.807, 2.05) is 19.2 Å². The number of nitrogens with zero attached hydrogens (tertiary/aromatic N) is 4. The SMILES string of the molecule is Cc1ccnc(N2C[C@H]3C[C@@H](N(C)C)[C@H](OCC4CC4)C[C@H]3C2)n1. The van der Waals surface area contributed by atoms with E-state index >= 15 is 0 Å². The summed E-state index contributed by atoms with van der Waals surface area (Å²) in [5.41, 5.74) is 1.05. The van der Waals surface area contributed by atoms with Gasteiger partial charge in [0.15, 0.2) is 0 Å². The summed E-state index contributed by atoms with van der Waals surface area (Å²) >= 11 is 0. The summed E-state index contributed by atoms with van der Waals surface area (Å²) in [7, 11) is 4.41. The Labute approximate surface area is 145 Å². The monoisotopic (exact) mass is 330 g/mol. The van der Waals surface area contributed by atoms with E-state index in [-0.39, 0.29) is 0 Å². The van der Waals surface area contributed by atoms with Crippen molar-refractivity contribution in [2.24, 2.45) is 17.8 Å². The molecule has 1 aliphatic heterocycles. The largest absolute Gasteiger partial charge is 0.376 e. The molecule has 1 aromatic heterocycles. The number of likely N-dealkylation sites (N-methyl/N-ethyl adjacent to an activating group) is 1. The summed E-state index contributed by atoms with van der Waals surface area (Å²) < 4.78 is 6.36.